The first kappa shape index (κ1) is 15.5. The minimum absolute atomic E-state index is 0.271. The molecule has 2 unspecified atom stereocenters. The lowest BCUT2D eigenvalue weighted by atomic mass is 10.1. The van der Waals surface area contributed by atoms with Gasteiger partial charge in [-0.2, -0.15) is 0 Å². The van der Waals surface area contributed by atoms with Crippen molar-refractivity contribution in [3.05, 3.63) is 36.3 Å². The van der Waals surface area contributed by atoms with Crippen molar-refractivity contribution in [2.45, 2.75) is 25.5 Å². The van der Waals surface area contributed by atoms with Gasteiger partial charge in [-0.15, -0.1) is 0 Å². The highest BCUT2D eigenvalue weighted by atomic mass is 16.5. The Morgan fingerprint density at radius 2 is 2.04 bits per heavy atom. The number of rotatable bonds is 3. The maximum absolute atomic E-state index is 5.96. The van der Waals surface area contributed by atoms with Crippen LogP contribution < -0.4 is 4.90 Å². The van der Waals surface area contributed by atoms with Crippen molar-refractivity contribution in [2.75, 3.05) is 38.2 Å². The van der Waals surface area contributed by atoms with E-state index in [1.807, 2.05) is 12.1 Å². The van der Waals surface area contributed by atoms with Gasteiger partial charge in [-0.1, -0.05) is 6.92 Å². The molecule has 4 rings (SSSR count). The van der Waals surface area contributed by atoms with Crippen molar-refractivity contribution in [1.82, 2.24) is 19.9 Å². The van der Waals surface area contributed by atoms with E-state index in [4.69, 9.17) is 14.7 Å². The zero-order valence-electron chi connectivity index (χ0n) is 14.2. The summed E-state index contributed by atoms with van der Waals surface area (Å²) in [6, 6.07) is 6.48. The van der Waals surface area contributed by atoms with Crippen molar-refractivity contribution in [3.63, 3.8) is 0 Å². The molecule has 0 aromatic carbocycles. The molecule has 0 saturated carbocycles. The normalized spacial score (nSPS) is 24.2. The molecule has 6 heteroatoms. The molecule has 4 heterocycles. The monoisotopic (exact) mass is 325 g/mol. The highest BCUT2D eigenvalue weighted by Crippen LogP contribution is 2.27. The van der Waals surface area contributed by atoms with E-state index in [1.165, 1.54) is 0 Å². The Bertz CT molecular complexity index is 708. The van der Waals surface area contributed by atoms with Crippen LogP contribution in [-0.4, -0.2) is 65.3 Å². The predicted molar refractivity (Wildman–Crippen MR) is 93.0 cm³/mol. The van der Waals surface area contributed by atoms with Crippen LogP contribution in [0, 0.1) is 0 Å². The molecule has 6 nitrogen and oxygen atoms in total. The van der Waals surface area contributed by atoms with Crippen molar-refractivity contribution in [3.8, 4) is 11.4 Å². The highest BCUT2D eigenvalue weighted by molar-refractivity contribution is 5.57. The molecule has 0 amide bonds. The van der Waals surface area contributed by atoms with Crippen LogP contribution in [0.5, 0.6) is 0 Å². The van der Waals surface area contributed by atoms with E-state index in [-0.39, 0.29) is 6.10 Å². The van der Waals surface area contributed by atoms with Crippen molar-refractivity contribution in [1.29, 1.82) is 0 Å². The van der Waals surface area contributed by atoms with Gasteiger partial charge in [0.15, 0.2) is 5.82 Å². The second-order valence-corrected chi connectivity index (χ2v) is 6.49. The van der Waals surface area contributed by atoms with Gasteiger partial charge in [0.25, 0.3) is 0 Å². The van der Waals surface area contributed by atoms with Crippen LogP contribution in [0.1, 0.15) is 12.6 Å². The van der Waals surface area contributed by atoms with E-state index >= 15 is 0 Å². The van der Waals surface area contributed by atoms with Crippen LogP contribution >= 0.6 is 0 Å². The van der Waals surface area contributed by atoms with Gasteiger partial charge in [0.2, 0.25) is 0 Å². The summed E-state index contributed by atoms with van der Waals surface area (Å²) in [6.45, 7) is 5.80. The average Bonchev–Trinajstić information content (AvgIpc) is 3.08. The zero-order chi connectivity index (χ0) is 16.5. The van der Waals surface area contributed by atoms with E-state index in [9.17, 15) is 0 Å². The molecule has 2 aromatic rings. The minimum Gasteiger partial charge on any atom is -0.373 e. The zero-order valence-corrected chi connectivity index (χ0v) is 14.2. The maximum atomic E-state index is 5.96. The molecule has 2 aliphatic rings. The van der Waals surface area contributed by atoms with E-state index < -0.39 is 0 Å². The third kappa shape index (κ3) is 2.87. The number of aryl methyl sites for hydroxylation is 1. The van der Waals surface area contributed by atoms with Gasteiger partial charge in [-0.3, -0.25) is 9.88 Å². The number of pyridine rings is 1. The van der Waals surface area contributed by atoms with E-state index in [1.54, 1.807) is 12.4 Å². The molecule has 2 atom stereocenters. The number of nitrogens with zero attached hydrogens (tertiary/aromatic N) is 5. The number of hydrogen-bond donors (Lipinski definition) is 0. The molecule has 0 N–H and O–H groups in total. The Kier molecular flexibility index (Phi) is 4.16. The first-order valence-electron chi connectivity index (χ1n) is 8.59. The van der Waals surface area contributed by atoms with Gasteiger partial charge in [0, 0.05) is 49.4 Å². The van der Waals surface area contributed by atoms with E-state index in [0.717, 1.165) is 55.6 Å². The first-order valence-corrected chi connectivity index (χ1v) is 8.59. The fourth-order valence-electron chi connectivity index (χ4n) is 3.50. The molecule has 126 valence electrons. The second kappa shape index (κ2) is 6.45. The number of fused-ring (bicyclic) bond motifs is 1. The number of aromatic nitrogens is 3. The van der Waals surface area contributed by atoms with Gasteiger partial charge >= 0.3 is 0 Å². The summed E-state index contributed by atoms with van der Waals surface area (Å²) in [5.74, 6) is 1.77. The molecule has 2 saturated heterocycles. The topological polar surface area (TPSA) is 54.4 Å². The maximum Gasteiger partial charge on any atom is 0.161 e. The predicted octanol–water partition coefficient (Wildman–Crippen LogP) is 1.62. The Balaban J connectivity index is 1.66. The largest absolute Gasteiger partial charge is 0.373 e. The first-order chi connectivity index (χ1) is 11.7. The summed E-state index contributed by atoms with van der Waals surface area (Å²) >= 11 is 0. The Morgan fingerprint density at radius 3 is 2.79 bits per heavy atom. The molecular weight excluding hydrogens is 302 g/mol. The molecule has 2 aliphatic heterocycles. The molecule has 2 fully saturated rings. The summed E-state index contributed by atoms with van der Waals surface area (Å²) < 4.78 is 5.96. The smallest absolute Gasteiger partial charge is 0.161 e. The molecule has 0 aliphatic carbocycles. The van der Waals surface area contributed by atoms with Gasteiger partial charge < -0.3 is 9.64 Å². The summed E-state index contributed by atoms with van der Waals surface area (Å²) in [6.07, 6.45) is 4.73. The average molecular weight is 325 g/mol. The molecule has 0 spiro atoms. The summed E-state index contributed by atoms with van der Waals surface area (Å²) in [5, 5.41) is 0. The van der Waals surface area contributed by atoms with E-state index in [2.05, 4.69) is 34.8 Å². The Morgan fingerprint density at radius 1 is 1.21 bits per heavy atom. The highest BCUT2D eigenvalue weighted by Gasteiger charge is 2.39. The lowest BCUT2D eigenvalue weighted by Crippen LogP contribution is -2.48. The molecule has 2 aromatic heterocycles. The number of morpholine rings is 1. The standard InChI is InChI=1S/C18H23N5O/c1-3-14-10-17(21-18(20-14)13-4-6-19-7-5-13)23-11-15-16(12-23)24-9-8-22(15)2/h4-7,10,15-16H,3,8-9,11-12H2,1-2H3. The van der Waals surface area contributed by atoms with Gasteiger partial charge in [0.05, 0.1) is 18.8 Å². The Hall–Kier alpha value is -2.05. The third-order valence-electron chi connectivity index (χ3n) is 4.97. The minimum atomic E-state index is 0.271. The lowest BCUT2D eigenvalue weighted by molar-refractivity contribution is -0.0362. The summed E-state index contributed by atoms with van der Waals surface area (Å²) in [4.78, 5) is 18.3. The number of ether oxygens (including phenoxy) is 1. The van der Waals surface area contributed by atoms with Gasteiger partial charge in [-0.25, -0.2) is 9.97 Å². The Labute approximate surface area is 142 Å². The molecule has 0 bridgehead atoms. The van der Waals surface area contributed by atoms with Gasteiger partial charge in [0.1, 0.15) is 5.82 Å². The summed E-state index contributed by atoms with van der Waals surface area (Å²) in [5.41, 5.74) is 2.07. The van der Waals surface area contributed by atoms with Crippen LogP contribution in [0.2, 0.25) is 0 Å². The fourth-order valence-corrected chi connectivity index (χ4v) is 3.50. The third-order valence-corrected chi connectivity index (χ3v) is 4.97. The lowest BCUT2D eigenvalue weighted by Gasteiger charge is -2.33. The molecular formula is C18H23N5O. The summed E-state index contributed by atoms with van der Waals surface area (Å²) in [7, 11) is 2.18. The van der Waals surface area contributed by atoms with Crippen molar-refractivity contribution >= 4 is 5.82 Å². The van der Waals surface area contributed by atoms with Crippen LogP contribution in [0.15, 0.2) is 30.6 Å². The van der Waals surface area contributed by atoms with Gasteiger partial charge in [-0.05, 0) is 25.6 Å². The fraction of sp³-hybridized carbons (Fsp3) is 0.500. The van der Waals surface area contributed by atoms with Crippen LogP contribution in [0.4, 0.5) is 5.82 Å². The SMILES string of the molecule is CCc1cc(N2CC3OCCN(C)C3C2)nc(-c2ccncc2)n1. The second-order valence-electron chi connectivity index (χ2n) is 6.49. The number of hydrogen-bond acceptors (Lipinski definition) is 6. The van der Waals surface area contributed by atoms with Crippen LogP contribution in [0.25, 0.3) is 11.4 Å². The van der Waals surface area contributed by atoms with Crippen molar-refractivity contribution in [2.24, 2.45) is 0 Å². The van der Waals surface area contributed by atoms with Crippen LogP contribution in [0.3, 0.4) is 0 Å². The quantitative estimate of drug-likeness (QED) is 0.855. The van der Waals surface area contributed by atoms with Crippen molar-refractivity contribution < 1.29 is 4.74 Å². The van der Waals surface area contributed by atoms with Crippen LogP contribution in [-0.2, 0) is 11.2 Å². The number of likely N-dealkylation sites (N-methyl/N-ethyl adjacent to an activating group) is 1. The molecule has 24 heavy (non-hydrogen) atoms. The number of anilines is 1. The molecule has 0 radical (unpaired) electrons. The van der Waals surface area contributed by atoms with E-state index in [0.29, 0.717) is 6.04 Å².